The highest BCUT2D eigenvalue weighted by Gasteiger charge is 2.15. The molecule has 0 saturated heterocycles. The van der Waals surface area contributed by atoms with E-state index in [9.17, 15) is 13.2 Å². The molecule has 0 aliphatic rings. The maximum absolute atomic E-state index is 11.9. The molecular formula is C13H15Cl2NO4S. The molecule has 0 atom stereocenters. The van der Waals surface area contributed by atoms with E-state index in [2.05, 4.69) is 11.9 Å². The summed E-state index contributed by atoms with van der Waals surface area (Å²) in [5.74, 6) is -0.460. The van der Waals surface area contributed by atoms with Crippen molar-refractivity contribution in [1.29, 1.82) is 0 Å². The molecule has 0 bridgehead atoms. The molecule has 5 nitrogen and oxygen atoms in total. The number of ether oxygens (including phenoxy) is 1. The first-order chi connectivity index (χ1) is 9.70. The van der Waals surface area contributed by atoms with E-state index in [1.165, 1.54) is 12.1 Å². The van der Waals surface area contributed by atoms with E-state index < -0.39 is 15.0 Å². The highest BCUT2D eigenvalue weighted by Crippen LogP contribution is 2.21. The monoisotopic (exact) mass is 351 g/mol. The van der Waals surface area contributed by atoms with Crippen LogP contribution in [0.1, 0.15) is 17.3 Å². The first kappa shape index (κ1) is 18.0. The number of nitrogens with one attached hydrogen (secondary N) is 1. The average Bonchev–Trinajstić information content (AvgIpc) is 2.36. The van der Waals surface area contributed by atoms with Crippen molar-refractivity contribution >= 4 is 37.2 Å². The number of carbonyl (C=O) groups is 1. The zero-order chi connectivity index (χ0) is 16.0. The molecular weight excluding hydrogens is 337 g/mol. The Morgan fingerprint density at radius 3 is 2.62 bits per heavy atom. The van der Waals surface area contributed by atoms with Gasteiger partial charge in [0.1, 0.15) is 0 Å². The van der Waals surface area contributed by atoms with Crippen LogP contribution in [0.4, 0.5) is 0 Å². The van der Waals surface area contributed by atoms with Crippen LogP contribution in [0, 0.1) is 0 Å². The molecule has 0 heterocycles. The molecule has 0 fully saturated rings. The molecule has 0 unspecified atom stereocenters. The normalized spacial score (nSPS) is 11.2. The summed E-state index contributed by atoms with van der Waals surface area (Å²) in [4.78, 5) is 11.7. The van der Waals surface area contributed by atoms with Crippen molar-refractivity contribution in [3.05, 3.63) is 40.9 Å². The zero-order valence-corrected chi connectivity index (χ0v) is 13.7. The number of hydrogen-bond acceptors (Lipinski definition) is 4. The van der Waals surface area contributed by atoms with Gasteiger partial charge >= 0.3 is 0 Å². The van der Waals surface area contributed by atoms with Crippen molar-refractivity contribution in [3.63, 3.8) is 0 Å². The van der Waals surface area contributed by atoms with Crippen molar-refractivity contribution in [1.82, 2.24) is 5.32 Å². The van der Waals surface area contributed by atoms with Crippen LogP contribution in [-0.2, 0) is 13.8 Å². The van der Waals surface area contributed by atoms with E-state index in [-0.39, 0.29) is 22.0 Å². The van der Waals surface area contributed by atoms with Crippen LogP contribution in [0.5, 0.6) is 0 Å². The van der Waals surface area contributed by atoms with Crippen LogP contribution in [0.2, 0.25) is 5.02 Å². The highest BCUT2D eigenvalue weighted by atomic mass is 35.7. The van der Waals surface area contributed by atoms with Crippen LogP contribution in [-0.4, -0.2) is 34.1 Å². The van der Waals surface area contributed by atoms with E-state index in [4.69, 9.17) is 27.0 Å². The SMILES string of the molecule is C=C(C)COCCNC(=O)c1cc(Cl)cc(S(=O)(=O)Cl)c1. The Kier molecular flexibility index (Phi) is 6.67. The van der Waals surface area contributed by atoms with Crippen molar-refractivity contribution in [3.8, 4) is 0 Å². The van der Waals surface area contributed by atoms with Gasteiger partial charge < -0.3 is 10.1 Å². The summed E-state index contributed by atoms with van der Waals surface area (Å²) in [7, 11) is 1.29. The molecule has 1 rings (SSSR count). The Hall–Kier alpha value is -1.08. The first-order valence-electron chi connectivity index (χ1n) is 5.95. The van der Waals surface area contributed by atoms with Crippen LogP contribution in [0.15, 0.2) is 35.2 Å². The average molecular weight is 352 g/mol. The molecule has 0 radical (unpaired) electrons. The summed E-state index contributed by atoms with van der Waals surface area (Å²) >= 11 is 5.78. The molecule has 1 N–H and O–H groups in total. The van der Waals surface area contributed by atoms with E-state index in [0.717, 1.165) is 11.6 Å². The van der Waals surface area contributed by atoms with Gasteiger partial charge in [0.15, 0.2) is 0 Å². The first-order valence-corrected chi connectivity index (χ1v) is 8.64. The standard InChI is InChI=1S/C13H15Cl2NO4S/c1-9(2)8-20-4-3-16-13(17)10-5-11(14)7-12(6-10)21(15,18)19/h5-7H,1,3-4,8H2,2H3,(H,16,17). The predicted molar refractivity (Wildman–Crippen MR) is 82.5 cm³/mol. The van der Waals surface area contributed by atoms with Crippen molar-refractivity contribution in [2.24, 2.45) is 0 Å². The van der Waals surface area contributed by atoms with Gasteiger partial charge in [0.25, 0.3) is 15.0 Å². The lowest BCUT2D eigenvalue weighted by Gasteiger charge is -2.07. The van der Waals surface area contributed by atoms with Gasteiger partial charge in [0.2, 0.25) is 0 Å². The summed E-state index contributed by atoms with van der Waals surface area (Å²) in [6, 6.07) is 3.70. The Morgan fingerprint density at radius 1 is 1.38 bits per heavy atom. The van der Waals surface area contributed by atoms with Crippen molar-refractivity contribution < 1.29 is 17.9 Å². The molecule has 116 valence electrons. The van der Waals surface area contributed by atoms with E-state index in [1.807, 2.05) is 6.92 Å². The fourth-order valence-electron chi connectivity index (χ4n) is 1.42. The summed E-state index contributed by atoms with van der Waals surface area (Å²) in [5.41, 5.74) is 0.995. The summed E-state index contributed by atoms with van der Waals surface area (Å²) < 4.78 is 27.8. The molecule has 1 aromatic carbocycles. The number of rotatable bonds is 7. The van der Waals surface area contributed by atoms with Crippen molar-refractivity contribution in [2.75, 3.05) is 19.8 Å². The molecule has 0 aliphatic carbocycles. The third-order valence-electron chi connectivity index (χ3n) is 2.30. The molecule has 8 heteroatoms. The summed E-state index contributed by atoms with van der Waals surface area (Å²) in [6.07, 6.45) is 0. The topological polar surface area (TPSA) is 72.5 Å². The third kappa shape index (κ3) is 6.48. The predicted octanol–water partition coefficient (Wildman–Crippen LogP) is 2.59. The van der Waals surface area contributed by atoms with Gasteiger partial charge in [-0.05, 0) is 25.1 Å². The second kappa shape index (κ2) is 7.79. The van der Waals surface area contributed by atoms with Gasteiger partial charge in [0.05, 0.1) is 18.1 Å². The fourth-order valence-corrected chi connectivity index (χ4v) is 2.52. The lowest BCUT2D eigenvalue weighted by atomic mass is 10.2. The minimum absolute atomic E-state index is 0.111. The Balaban J connectivity index is 2.66. The number of halogens is 2. The molecule has 1 amide bonds. The quantitative estimate of drug-likeness (QED) is 0.465. The fraction of sp³-hybridized carbons (Fsp3) is 0.308. The molecule has 0 saturated carbocycles. The van der Waals surface area contributed by atoms with Gasteiger partial charge in [-0.1, -0.05) is 23.8 Å². The summed E-state index contributed by atoms with van der Waals surface area (Å²) in [5, 5.41) is 2.70. The minimum Gasteiger partial charge on any atom is -0.375 e. The summed E-state index contributed by atoms with van der Waals surface area (Å²) in [6.45, 7) is 6.53. The second-order valence-electron chi connectivity index (χ2n) is 4.38. The van der Waals surface area contributed by atoms with Crippen LogP contribution in [0.3, 0.4) is 0 Å². The lowest BCUT2D eigenvalue weighted by molar-refractivity contribution is 0.0926. The Bertz CT molecular complexity index is 644. The Labute approximate surface area is 133 Å². The lowest BCUT2D eigenvalue weighted by Crippen LogP contribution is -2.27. The molecule has 21 heavy (non-hydrogen) atoms. The second-order valence-corrected chi connectivity index (χ2v) is 7.38. The molecule has 0 spiro atoms. The van der Waals surface area contributed by atoms with Gasteiger partial charge in [0, 0.05) is 27.8 Å². The number of benzene rings is 1. The van der Waals surface area contributed by atoms with Gasteiger partial charge in [-0.2, -0.15) is 0 Å². The van der Waals surface area contributed by atoms with Crippen LogP contribution >= 0.6 is 22.3 Å². The van der Waals surface area contributed by atoms with Crippen LogP contribution < -0.4 is 5.32 Å². The number of carbonyl (C=O) groups excluding carboxylic acids is 1. The van der Waals surface area contributed by atoms with Gasteiger partial charge in [-0.3, -0.25) is 4.79 Å². The highest BCUT2D eigenvalue weighted by molar-refractivity contribution is 8.13. The minimum atomic E-state index is -3.95. The zero-order valence-electron chi connectivity index (χ0n) is 11.4. The van der Waals surface area contributed by atoms with E-state index in [1.54, 1.807) is 0 Å². The largest absolute Gasteiger partial charge is 0.375 e. The molecule has 0 aromatic heterocycles. The number of amides is 1. The van der Waals surface area contributed by atoms with E-state index in [0.29, 0.717) is 13.2 Å². The van der Waals surface area contributed by atoms with Gasteiger partial charge in [-0.15, -0.1) is 0 Å². The van der Waals surface area contributed by atoms with Crippen LogP contribution in [0.25, 0.3) is 0 Å². The van der Waals surface area contributed by atoms with E-state index >= 15 is 0 Å². The third-order valence-corrected chi connectivity index (χ3v) is 3.85. The number of hydrogen-bond donors (Lipinski definition) is 1. The maximum Gasteiger partial charge on any atom is 0.261 e. The van der Waals surface area contributed by atoms with Crippen molar-refractivity contribution in [2.45, 2.75) is 11.8 Å². The maximum atomic E-state index is 11.9. The molecule has 0 aliphatic heterocycles. The van der Waals surface area contributed by atoms with Gasteiger partial charge in [-0.25, -0.2) is 8.42 Å². The molecule has 1 aromatic rings. The smallest absolute Gasteiger partial charge is 0.261 e. The Morgan fingerprint density at radius 2 is 2.05 bits per heavy atom.